The Kier molecular flexibility index (Phi) is 3.19. The third kappa shape index (κ3) is 1.96. The van der Waals surface area contributed by atoms with Crippen molar-refractivity contribution in [3.05, 3.63) is 29.0 Å². The number of hydrogen-bond acceptors (Lipinski definition) is 1. The summed E-state index contributed by atoms with van der Waals surface area (Å²) >= 11 is 12.4. The van der Waals surface area contributed by atoms with Crippen LogP contribution in [-0.4, -0.2) is 9.55 Å². The molecule has 2 aliphatic rings. The molecule has 3 unspecified atom stereocenters. The number of aromatic nitrogens is 2. The van der Waals surface area contributed by atoms with Gasteiger partial charge >= 0.3 is 0 Å². The maximum atomic E-state index is 6.26. The van der Waals surface area contributed by atoms with Crippen LogP contribution in [0.3, 0.4) is 0 Å². The van der Waals surface area contributed by atoms with Gasteiger partial charge in [0.05, 0.1) is 16.4 Å². The van der Waals surface area contributed by atoms with Gasteiger partial charge in [-0.2, -0.15) is 0 Å². The molecular formula is C16H18Cl2N2. The summed E-state index contributed by atoms with van der Waals surface area (Å²) in [5.74, 6) is 4.10. The van der Waals surface area contributed by atoms with E-state index in [-0.39, 0.29) is 0 Å². The molecular weight excluding hydrogens is 291 g/mol. The molecule has 1 aromatic carbocycles. The van der Waals surface area contributed by atoms with Gasteiger partial charge in [0.15, 0.2) is 0 Å². The Morgan fingerprint density at radius 3 is 2.85 bits per heavy atom. The van der Waals surface area contributed by atoms with E-state index in [1.54, 1.807) is 0 Å². The highest BCUT2D eigenvalue weighted by Crippen LogP contribution is 2.49. The van der Waals surface area contributed by atoms with Gasteiger partial charge in [0.25, 0.3) is 0 Å². The van der Waals surface area contributed by atoms with E-state index in [1.165, 1.54) is 25.7 Å². The van der Waals surface area contributed by atoms with Crippen LogP contribution in [0, 0.1) is 17.8 Å². The topological polar surface area (TPSA) is 17.8 Å². The van der Waals surface area contributed by atoms with Gasteiger partial charge in [0.1, 0.15) is 11.3 Å². The zero-order chi connectivity index (χ0) is 13.7. The minimum atomic E-state index is 0.450. The van der Waals surface area contributed by atoms with Crippen LogP contribution < -0.4 is 0 Å². The van der Waals surface area contributed by atoms with Crippen LogP contribution in [0.15, 0.2) is 18.2 Å². The molecule has 2 saturated carbocycles. The van der Waals surface area contributed by atoms with Crippen LogP contribution in [0.1, 0.15) is 31.5 Å². The van der Waals surface area contributed by atoms with Gasteiger partial charge in [-0.25, -0.2) is 4.98 Å². The predicted molar refractivity (Wildman–Crippen MR) is 83.2 cm³/mol. The first-order valence-corrected chi connectivity index (χ1v) is 8.37. The number of nitrogens with zero attached hydrogens (tertiary/aromatic N) is 2. The fourth-order valence-electron chi connectivity index (χ4n) is 4.30. The van der Waals surface area contributed by atoms with Gasteiger partial charge < -0.3 is 4.57 Å². The number of rotatable bonds is 3. The second-order valence-electron chi connectivity index (χ2n) is 6.31. The van der Waals surface area contributed by atoms with Gasteiger partial charge in [-0.1, -0.05) is 24.1 Å². The molecule has 1 heterocycles. The summed E-state index contributed by atoms with van der Waals surface area (Å²) in [6, 6.07) is 6.01. The van der Waals surface area contributed by atoms with Crippen molar-refractivity contribution < 1.29 is 0 Å². The van der Waals surface area contributed by atoms with Crippen molar-refractivity contribution in [1.82, 2.24) is 9.55 Å². The Hall–Kier alpha value is -0.730. The molecule has 2 fully saturated rings. The molecule has 0 radical (unpaired) electrons. The number of hydrogen-bond donors (Lipinski definition) is 0. The summed E-state index contributed by atoms with van der Waals surface area (Å²) in [4.78, 5) is 4.63. The van der Waals surface area contributed by atoms with E-state index in [0.717, 1.165) is 46.2 Å². The molecule has 3 atom stereocenters. The number of para-hydroxylation sites is 1. The van der Waals surface area contributed by atoms with Crippen LogP contribution >= 0.6 is 23.2 Å². The first-order valence-electron chi connectivity index (χ1n) is 7.46. The molecule has 2 bridgehead atoms. The van der Waals surface area contributed by atoms with Crippen molar-refractivity contribution in [3.63, 3.8) is 0 Å². The molecule has 2 aliphatic carbocycles. The quantitative estimate of drug-likeness (QED) is 0.740. The molecule has 106 valence electrons. The number of fused-ring (bicyclic) bond motifs is 3. The highest BCUT2D eigenvalue weighted by molar-refractivity contribution is 6.35. The van der Waals surface area contributed by atoms with Crippen molar-refractivity contribution in [1.29, 1.82) is 0 Å². The van der Waals surface area contributed by atoms with Crippen LogP contribution in [0.25, 0.3) is 11.0 Å². The Balaban J connectivity index is 1.73. The number of benzene rings is 1. The Morgan fingerprint density at radius 2 is 2.15 bits per heavy atom. The smallest absolute Gasteiger partial charge is 0.124 e. The Morgan fingerprint density at radius 1 is 1.25 bits per heavy atom. The number of alkyl halides is 1. The van der Waals surface area contributed by atoms with E-state index in [4.69, 9.17) is 23.2 Å². The number of halogens is 2. The van der Waals surface area contributed by atoms with Crippen LogP contribution in [0.5, 0.6) is 0 Å². The fourth-order valence-corrected chi connectivity index (χ4v) is 4.72. The van der Waals surface area contributed by atoms with Gasteiger partial charge in [-0.3, -0.25) is 0 Å². The SMILES string of the molecule is ClCc1nc2c(Cl)cccc2n1CC1CC2CCC1C2. The lowest BCUT2D eigenvalue weighted by Crippen LogP contribution is -2.18. The zero-order valence-corrected chi connectivity index (χ0v) is 12.9. The average molecular weight is 309 g/mol. The van der Waals surface area contributed by atoms with E-state index < -0.39 is 0 Å². The maximum absolute atomic E-state index is 6.26. The lowest BCUT2D eigenvalue weighted by molar-refractivity contribution is 0.296. The fraction of sp³-hybridized carbons (Fsp3) is 0.562. The van der Waals surface area contributed by atoms with Crippen molar-refractivity contribution in [2.24, 2.45) is 17.8 Å². The monoisotopic (exact) mass is 308 g/mol. The lowest BCUT2D eigenvalue weighted by atomic mass is 9.89. The van der Waals surface area contributed by atoms with Crippen LogP contribution in [0.2, 0.25) is 5.02 Å². The largest absolute Gasteiger partial charge is 0.327 e. The Labute approximate surface area is 129 Å². The highest BCUT2D eigenvalue weighted by atomic mass is 35.5. The maximum Gasteiger partial charge on any atom is 0.124 e. The van der Waals surface area contributed by atoms with Gasteiger partial charge in [-0.15, -0.1) is 11.6 Å². The molecule has 0 saturated heterocycles. The zero-order valence-electron chi connectivity index (χ0n) is 11.4. The molecule has 4 heteroatoms. The first-order chi connectivity index (χ1) is 9.76. The van der Waals surface area contributed by atoms with E-state index in [2.05, 4.69) is 15.6 Å². The van der Waals surface area contributed by atoms with Gasteiger partial charge in [0.2, 0.25) is 0 Å². The lowest BCUT2D eigenvalue weighted by Gasteiger charge is -2.23. The Bertz CT molecular complexity index is 649. The summed E-state index contributed by atoms with van der Waals surface area (Å²) in [7, 11) is 0. The summed E-state index contributed by atoms with van der Waals surface area (Å²) in [5.41, 5.74) is 2.03. The van der Waals surface area contributed by atoms with Crippen molar-refractivity contribution >= 4 is 34.2 Å². The summed E-state index contributed by atoms with van der Waals surface area (Å²) in [6.45, 7) is 1.06. The van der Waals surface area contributed by atoms with Crippen molar-refractivity contribution in [2.45, 2.75) is 38.1 Å². The van der Waals surface area contributed by atoms with Crippen LogP contribution in [0.4, 0.5) is 0 Å². The van der Waals surface area contributed by atoms with E-state index >= 15 is 0 Å². The minimum absolute atomic E-state index is 0.450. The van der Waals surface area contributed by atoms with Gasteiger partial charge in [-0.05, 0) is 49.1 Å². The molecule has 20 heavy (non-hydrogen) atoms. The van der Waals surface area contributed by atoms with E-state index in [1.807, 2.05) is 12.1 Å². The third-order valence-corrected chi connectivity index (χ3v) is 5.77. The molecule has 0 N–H and O–H groups in total. The molecule has 1 aromatic heterocycles. The molecule has 0 aliphatic heterocycles. The summed E-state index contributed by atoms with van der Waals surface area (Å²) in [5, 5.41) is 0.723. The first kappa shape index (κ1) is 13.0. The van der Waals surface area contributed by atoms with Crippen molar-refractivity contribution in [2.75, 3.05) is 0 Å². The molecule has 0 amide bonds. The minimum Gasteiger partial charge on any atom is -0.327 e. The molecule has 4 rings (SSSR count). The highest BCUT2D eigenvalue weighted by Gasteiger charge is 2.39. The summed E-state index contributed by atoms with van der Waals surface area (Å²) in [6.07, 6.45) is 5.68. The third-order valence-electron chi connectivity index (χ3n) is 5.23. The predicted octanol–water partition coefficient (Wildman–Crippen LogP) is 4.86. The van der Waals surface area contributed by atoms with Crippen LogP contribution in [-0.2, 0) is 12.4 Å². The van der Waals surface area contributed by atoms with E-state index in [0.29, 0.717) is 5.88 Å². The second kappa shape index (κ2) is 4.92. The summed E-state index contributed by atoms with van der Waals surface area (Å²) < 4.78 is 2.31. The molecule has 0 spiro atoms. The standard InChI is InChI=1S/C16H18Cl2N2/c17-8-15-19-16-13(18)2-1-3-14(16)20(15)9-12-7-10-4-5-11(12)6-10/h1-3,10-12H,4-9H2. The van der Waals surface area contributed by atoms with E-state index in [9.17, 15) is 0 Å². The normalized spacial score (nSPS) is 28.6. The average Bonchev–Trinajstić information content (AvgIpc) is 3.14. The second-order valence-corrected chi connectivity index (χ2v) is 6.99. The molecule has 2 nitrogen and oxygen atoms in total. The van der Waals surface area contributed by atoms with Gasteiger partial charge in [0, 0.05) is 6.54 Å². The van der Waals surface area contributed by atoms with Crippen molar-refractivity contribution in [3.8, 4) is 0 Å². The molecule has 2 aromatic rings. The number of imidazole rings is 1.